The van der Waals surface area contributed by atoms with Gasteiger partial charge in [-0.2, -0.15) is 9.78 Å². The van der Waals surface area contributed by atoms with E-state index >= 15 is 0 Å². The molecule has 0 aliphatic heterocycles. The van der Waals surface area contributed by atoms with Gasteiger partial charge in [-0.1, -0.05) is 0 Å². The molecule has 0 amide bonds. The lowest BCUT2D eigenvalue weighted by Crippen LogP contribution is -2.18. The summed E-state index contributed by atoms with van der Waals surface area (Å²) in [5.41, 5.74) is -0.793. The molecule has 0 saturated heterocycles. The fourth-order valence-electron chi connectivity index (χ4n) is 1.24. The number of carboxylic acids is 1. The Labute approximate surface area is 86.1 Å². The van der Waals surface area contributed by atoms with E-state index in [0.717, 1.165) is 18.5 Å². The fourth-order valence-corrected chi connectivity index (χ4v) is 1.24. The highest BCUT2D eigenvalue weighted by Crippen LogP contribution is 2.26. The summed E-state index contributed by atoms with van der Waals surface area (Å²) in [6.45, 7) is 0. The van der Waals surface area contributed by atoms with Crippen LogP contribution in [0.4, 0.5) is 13.2 Å². The average Bonchev–Trinajstić information content (AvgIpc) is 2.58. The Hall–Kier alpha value is -2.12. The van der Waals surface area contributed by atoms with Crippen LogP contribution in [-0.2, 0) is 6.30 Å². The molecular formula is C8H4F3N3O2. The third kappa shape index (κ3) is 1.58. The van der Waals surface area contributed by atoms with E-state index in [1.54, 1.807) is 0 Å². The van der Waals surface area contributed by atoms with Crippen molar-refractivity contribution in [3.05, 3.63) is 24.2 Å². The number of hydrogen-bond donors (Lipinski definition) is 1. The lowest BCUT2D eigenvalue weighted by atomic mass is 10.3. The quantitative estimate of drug-likeness (QED) is 0.809. The summed E-state index contributed by atoms with van der Waals surface area (Å²) in [6.07, 6.45) is -2.67. The van der Waals surface area contributed by atoms with Gasteiger partial charge < -0.3 is 5.11 Å². The molecule has 2 aromatic heterocycles. The number of aromatic carboxylic acids is 1. The van der Waals surface area contributed by atoms with E-state index in [-0.39, 0.29) is 15.6 Å². The predicted molar refractivity (Wildman–Crippen MR) is 45.8 cm³/mol. The third-order valence-electron chi connectivity index (χ3n) is 1.91. The maximum atomic E-state index is 12.4. The Bertz CT molecular complexity index is 561. The molecule has 0 radical (unpaired) electrons. The zero-order valence-electron chi connectivity index (χ0n) is 7.56. The molecule has 0 unspecified atom stereocenters. The van der Waals surface area contributed by atoms with Crippen LogP contribution in [-0.4, -0.2) is 25.8 Å². The minimum atomic E-state index is -4.68. The van der Waals surface area contributed by atoms with Gasteiger partial charge in [-0.05, 0) is 6.07 Å². The second-order valence-corrected chi connectivity index (χ2v) is 2.96. The Balaban J connectivity index is 2.70. The first-order valence-corrected chi connectivity index (χ1v) is 4.04. The van der Waals surface area contributed by atoms with Crippen molar-refractivity contribution >= 4 is 16.9 Å². The van der Waals surface area contributed by atoms with E-state index in [4.69, 9.17) is 5.11 Å². The van der Waals surface area contributed by atoms with Crippen molar-refractivity contribution in [3.63, 3.8) is 0 Å². The molecule has 0 atom stereocenters. The largest absolute Gasteiger partial charge is 0.505 e. The molecule has 0 saturated carbocycles. The molecule has 0 fully saturated rings. The van der Waals surface area contributed by atoms with Crippen LogP contribution in [0.3, 0.4) is 0 Å². The van der Waals surface area contributed by atoms with Gasteiger partial charge in [0.15, 0.2) is 0 Å². The first-order chi connectivity index (χ1) is 7.39. The monoisotopic (exact) mass is 231 g/mol. The Morgan fingerprint density at radius 2 is 2.06 bits per heavy atom. The number of halogens is 3. The summed E-state index contributed by atoms with van der Waals surface area (Å²) in [7, 11) is 0. The van der Waals surface area contributed by atoms with Crippen LogP contribution in [0.1, 0.15) is 10.5 Å². The molecular weight excluding hydrogens is 227 g/mol. The van der Waals surface area contributed by atoms with Crippen LogP contribution in [0.25, 0.3) is 10.9 Å². The molecule has 2 rings (SSSR count). The number of alkyl halides is 3. The van der Waals surface area contributed by atoms with Crippen molar-refractivity contribution in [2.45, 2.75) is 6.30 Å². The molecule has 0 aromatic carbocycles. The molecule has 8 heteroatoms. The van der Waals surface area contributed by atoms with Gasteiger partial charge in [0.05, 0.1) is 11.7 Å². The summed E-state index contributed by atoms with van der Waals surface area (Å²) in [5.74, 6) is -1.39. The van der Waals surface area contributed by atoms with Gasteiger partial charge in [0.25, 0.3) is 0 Å². The van der Waals surface area contributed by atoms with Gasteiger partial charge in [0.2, 0.25) is 0 Å². The summed E-state index contributed by atoms with van der Waals surface area (Å²) in [4.78, 5) is 14.0. The fraction of sp³-hybridized carbons (Fsp3) is 0.125. The van der Waals surface area contributed by atoms with E-state index in [1.165, 1.54) is 0 Å². The summed E-state index contributed by atoms with van der Waals surface area (Å²) >= 11 is 0. The number of aromatic nitrogens is 3. The zero-order valence-corrected chi connectivity index (χ0v) is 7.56. The van der Waals surface area contributed by atoms with Gasteiger partial charge in [-0.15, -0.1) is 13.2 Å². The Morgan fingerprint density at radius 3 is 2.62 bits per heavy atom. The average molecular weight is 231 g/mol. The molecule has 5 nitrogen and oxygen atoms in total. The van der Waals surface area contributed by atoms with Crippen molar-refractivity contribution in [1.29, 1.82) is 0 Å². The van der Waals surface area contributed by atoms with Crippen molar-refractivity contribution in [3.8, 4) is 0 Å². The molecule has 0 bridgehead atoms. The highest BCUT2D eigenvalue weighted by Gasteiger charge is 2.33. The Kier molecular flexibility index (Phi) is 2.07. The van der Waals surface area contributed by atoms with Crippen molar-refractivity contribution < 1.29 is 23.1 Å². The number of carbonyl (C=O) groups is 1. The molecule has 16 heavy (non-hydrogen) atoms. The maximum absolute atomic E-state index is 12.4. The molecule has 2 heterocycles. The van der Waals surface area contributed by atoms with Crippen LogP contribution in [0.2, 0.25) is 0 Å². The molecule has 84 valence electrons. The van der Waals surface area contributed by atoms with Crippen molar-refractivity contribution in [2.24, 2.45) is 0 Å². The number of fused-ring (bicyclic) bond motifs is 1. The summed E-state index contributed by atoms with van der Waals surface area (Å²) < 4.78 is 37.1. The lowest BCUT2D eigenvalue weighted by Gasteiger charge is -2.06. The topological polar surface area (TPSA) is 68.0 Å². The predicted octanol–water partition coefficient (Wildman–Crippen LogP) is 1.61. The minimum absolute atomic E-state index is 0.127. The van der Waals surface area contributed by atoms with Crippen LogP contribution in [0, 0.1) is 0 Å². The van der Waals surface area contributed by atoms with Crippen LogP contribution in [0.15, 0.2) is 18.5 Å². The summed E-state index contributed by atoms with van der Waals surface area (Å²) in [5, 5.41) is 11.9. The van der Waals surface area contributed by atoms with E-state index in [2.05, 4.69) is 10.1 Å². The molecule has 1 N–H and O–H groups in total. The van der Waals surface area contributed by atoms with Gasteiger partial charge in [0, 0.05) is 11.6 Å². The minimum Gasteiger partial charge on any atom is -0.477 e. The van der Waals surface area contributed by atoms with Crippen molar-refractivity contribution in [2.75, 3.05) is 0 Å². The molecule has 0 aliphatic carbocycles. The highest BCUT2D eigenvalue weighted by atomic mass is 19.4. The summed E-state index contributed by atoms with van der Waals surface area (Å²) in [6, 6.07) is 0.832. The number of hydrogen-bond acceptors (Lipinski definition) is 3. The third-order valence-corrected chi connectivity index (χ3v) is 1.91. The van der Waals surface area contributed by atoms with Crippen LogP contribution >= 0.6 is 0 Å². The van der Waals surface area contributed by atoms with E-state index < -0.39 is 18.0 Å². The van der Waals surface area contributed by atoms with E-state index in [1.807, 2.05) is 0 Å². The first kappa shape index (κ1) is 10.4. The highest BCUT2D eigenvalue weighted by molar-refractivity contribution is 5.90. The number of pyridine rings is 1. The van der Waals surface area contributed by atoms with Crippen molar-refractivity contribution in [1.82, 2.24) is 14.8 Å². The number of carboxylic acid groups (broad SMARTS) is 1. The molecule has 0 aliphatic rings. The zero-order chi connectivity index (χ0) is 11.9. The maximum Gasteiger partial charge on any atom is 0.505 e. The normalized spacial score (nSPS) is 11.9. The van der Waals surface area contributed by atoms with E-state index in [0.29, 0.717) is 0 Å². The number of rotatable bonds is 1. The van der Waals surface area contributed by atoms with Crippen LogP contribution in [0.5, 0.6) is 0 Å². The lowest BCUT2D eigenvalue weighted by molar-refractivity contribution is -0.209. The number of nitrogens with zero attached hydrogens (tertiary/aromatic N) is 3. The van der Waals surface area contributed by atoms with Gasteiger partial charge in [-0.3, -0.25) is 0 Å². The standard InChI is InChI=1S/C8H4F3N3O2/c9-8(10,11)14-6-1-5(7(15)16)12-2-4(6)3-13-14/h1-3H,(H,15,16). The first-order valence-electron chi connectivity index (χ1n) is 4.04. The van der Waals surface area contributed by atoms with Gasteiger partial charge in [0.1, 0.15) is 5.69 Å². The SMILES string of the molecule is O=C(O)c1cc2c(cn1)cnn2C(F)(F)F. The van der Waals surface area contributed by atoms with Gasteiger partial charge in [-0.25, -0.2) is 9.78 Å². The smallest absolute Gasteiger partial charge is 0.477 e. The second kappa shape index (κ2) is 3.19. The molecule has 2 aromatic rings. The second-order valence-electron chi connectivity index (χ2n) is 2.96. The Morgan fingerprint density at radius 1 is 1.38 bits per heavy atom. The van der Waals surface area contributed by atoms with Crippen LogP contribution < -0.4 is 0 Å². The molecule has 0 spiro atoms. The van der Waals surface area contributed by atoms with Gasteiger partial charge >= 0.3 is 12.3 Å². The van der Waals surface area contributed by atoms with E-state index in [9.17, 15) is 18.0 Å².